The number of amides is 1. The van der Waals surface area contributed by atoms with Crippen molar-refractivity contribution in [3.63, 3.8) is 0 Å². The Kier molecular flexibility index (Phi) is 2.79. The number of likely N-dealkylation sites (tertiary alicyclic amines) is 1. The van der Waals surface area contributed by atoms with E-state index in [0.29, 0.717) is 0 Å². The van der Waals surface area contributed by atoms with Crippen molar-refractivity contribution in [2.24, 2.45) is 0 Å². The minimum Gasteiger partial charge on any atom is -0.356 e. The van der Waals surface area contributed by atoms with E-state index in [1.807, 2.05) is 6.11 Å². The Hall–Kier alpha value is -1.17. The van der Waals surface area contributed by atoms with Crippen LogP contribution in [0.3, 0.4) is 0 Å². The van der Waals surface area contributed by atoms with E-state index < -0.39 is 0 Å². The van der Waals surface area contributed by atoms with Gasteiger partial charge >= 0.3 is 6.09 Å². The molecular formula is C8H11NO2. The highest BCUT2D eigenvalue weighted by molar-refractivity contribution is 5.68. The normalized spacial score (nSPS) is 17.2. The van der Waals surface area contributed by atoms with Crippen LogP contribution in [-0.2, 0) is 4.74 Å². The lowest BCUT2D eigenvalue weighted by Crippen LogP contribution is -2.35. The average molecular weight is 153 g/mol. The van der Waals surface area contributed by atoms with E-state index in [4.69, 9.17) is 6.42 Å². The molecule has 1 amide bonds. The van der Waals surface area contributed by atoms with Crippen LogP contribution >= 0.6 is 0 Å². The van der Waals surface area contributed by atoms with Gasteiger partial charge in [-0.25, -0.2) is 4.79 Å². The average Bonchev–Trinajstić information content (AvgIpc) is 2.07. The minimum absolute atomic E-state index is 0.382. The number of terminal acetylenes is 1. The monoisotopic (exact) mass is 153 g/mol. The Balaban J connectivity index is 2.34. The molecule has 0 aromatic carbocycles. The standard InChI is InChI=1S/C8H11NO2/c1-2-11-8(10)9-6-4-3-5-7-9/h1H,3-7H2. The molecule has 0 aliphatic carbocycles. The predicted octanol–water partition coefficient (Wildman–Crippen LogP) is 1.20. The number of hydrogen-bond donors (Lipinski definition) is 0. The van der Waals surface area contributed by atoms with Crippen molar-refractivity contribution < 1.29 is 9.53 Å². The molecule has 11 heavy (non-hydrogen) atoms. The quantitative estimate of drug-likeness (QED) is 0.489. The first-order valence-electron chi connectivity index (χ1n) is 3.76. The molecule has 3 heteroatoms. The van der Waals surface area contributed by atoms with Crippen molar-refractivity contribution >= 4 is 6.09 Å². The van der Waals surface area contributed by atoms with Crippen LogP contribution in [0.25, 0.3) is 0 Å². The number of hydrogen-bond acceptors (Lipinski definition) is 2. The van der Waals surface area contributed by atoms with Gasteiger partial charge in [-0.15, -0.1) is 0 Å². The Morgan fingerprint density at radius 1 is 1.36 bits per heavy atom. The summed E-state index contributed by atoms with van der Waals surface area (Å²) in [5.74, 6) is 0. The van der Waals surface area contributed by atoms with Crippen LogP contribution in [-0.4, -0.2) is 24.1 Å². The molecular weight excluding hydrogens is 142 g/mol. The van der Waals surface area contributed by atoms with Crippen molar-refractivity contribution in [3.05, 3.63) is 0 Å². The molecule has 1 aliphatic heterocycles. The summed E-state index contributed by atoms with van der Waals surface area (Å²) < 4.78 is 4.40. The number of rotatable bonds is 0. The molecule has 0 aromatic heterocycles. The first kappa shape index (κ1) is 7.93. The third-order valence-electron chi connectivity index (χ3n) is 1.76. The van der Waals surface area contributed by atoms with Gasteiger partial charge in [0.1, 0.15) is 6.11 Å². The summed E-state index contributed by atoms with van der Waals surface area (Å²) in [6, 6.07) is 0. The molecule has 0 bridgehead atoms. The van der Waals surface area contributed by atoms with Crippen LogP contribution in [0, 0.1) is 12.5 Å². The van der Waals surface area contributed by atoms with Crippen LogP contribution < -0.4 is 0 Å². The summed E-state index contributed by atoms with van der Waals surface area (Å²) in [5, 5.41) is 0. The van der Waals surface area contributed by atoms with Crippen molar-refractivity contribution in [2.75, 3.05) is 13.1 Å². The number of nitrogens with zero attached hydrogens (tertiary/aromatic N) is 1. The van der Waals surface area contributed by atoms with Gasteiger partial charge in [-0.1, -0.05) is 6.42 Å². The van der Waals surface area contributed by atoms with E-state index in [9.17, 15) is 4.79 Å². The van der Waals surface area contributed by atoms with E-state index in [1.54, 1.807) is 4.90 Å². The molecule has 1 aliphatic rings. The summed E-state index contributed by atoms with van der Waals surface area (Å²) in [5.41, 5.74) is 0. The van der Waals surface area contributed by atoms with Gasteiger partial charge in [-0.05, 0) is 19.3 Å². The highest BCUT2D eigenvalue weighted by Crippen LogP contribution is 2.09. The molecule has 1 saturated heterocycles. The molecule has 0 radical (unpaired) electrons. The molecule has 1 heterocycles. The third-order valence-corrected chi connectivity index (χ3v) is 1.76. The van der Waals surface area contributed by atoms with Gasteiger partial charge in [0.25, 0.3) is 0 Å². The largest absolute Gasteiger partial charge is 0.423 e. The Morgan fingerprint density at radius 2 is 2.00 bits per heavy atom. The zero-order chi connectivity index (χ0) is 8.10. The lowest BCUT2D eigenvalue weighted by molar-refractivity contribution is 0.134. The minimum atomic E-state index is -0.382. The van der Waals surface area contributed by atoms with Crippen LogP contribution in [0.15, 0.2) is 0 Å². The Labute approximate surface area is 66.3 Å². The summed E-state index contributed by atoms with van der Waals surface area (Å²) in [6.45, 7) is 1.56. The fourth-order valence-corrected chi connectivity index (χ4v) is 1.19. The van der Waals surface area contributed by atoms with Crippen LogP contribution in [0.4, 0.5) is 4.79 Å². The molecule has 0 N–H and O–H groups in total. The van der Waals surface area contributed by atoms with Gasteiger partial charge in [-0.3, -0.25) is 0 Å². The summed E-state index contributed by atoms with van der Waals surface area (Å²) >= 11 is 0. The SMILES string of the molecule is C#COC(=O)N1CCCCC1. The van der Waals surface area contributed by atoms with Crippen molar-refractivity contribution in [2.45, 2.75) is 19.3 Å². The number of piperidine rings is 1. The zero-order valence-electron chi connectivity index (χ0n) is 6.38. The smallest absolute Gasteiger partial charge is 0.356 e. The molecule has 0 unspecified atom stereocenters. The Bertz CT molecular complexity index is 177. The second-order valence-electron chi connectivity index (χ2n) is 2.53. The Morgan fingerprint density at radius 3 is 2.55 bits per heavy atom. The maximum Gasteiger partial charge on any atom is 0.423 e. The number of carbonyl (C=O) groups is 1. The van der Waals surface area contributed by atoms with Crippen LogP contribution in [0.1, 0.15) is 19.3 Å². The van der Waals surface area contributed by atoms with Crippen molar-refractivity contribution in [1.82, 2.24) is 4.90 Å². The first-order valence-corrected chi connectivity index (χ1v) is 3.76. The highest BCUT2D eigenvalue weighted by atomic mass is 16.5. The van der Waals surface area contributed by atoms with Crippen LogP contribution in [0.5, 0.6) is 0 Å². The fourth-order valence-electron chi connectivity index (χ4n) is 1.19. The highest BCUT2D eigenvalue weighted by Gasteiger charge is 2.16. The maximum absolute atomic E-state index is 11.0. The van der Waals surface area contributed by atoms with E-state index in [1.165, 1.54) is 6.42 Å². The lowest BCUT2D eigenvalue weighted by atomic mass is 10.1. The van der Waals surface area contributed by atoms with Gasteiger partial charge in [-0.2, -0.15) is 0 Å². The predicted molar refractivity (Wildman–Crippen MR) is 40.7 cm³/mol. The van der Waals surface area contributed by atoms with E-state index in [2.05, 4.69) is 4.74 Å². The number of carbonyl (C=O) groups excluding carboxylic acids is 1. The second-order valence-corrected chi connectivity index (χ2v) is 2.53. The van der Waals surface area contributed by atoms with Gasteiger partial charge in [0.05, 0.1) is 0 Å². The van der Waals surface area contributed by atoms with Crippen molar-refractivity contribution in [3.8, 4) is 12.5 Å². The van der Waals surface area contributed by atoms with Gasteiger partial charge in [0, 0.05) is 13.1 Å². The second kappa shape index (κ2) is 3.87. The maximum atomic E-state index is 11.0. The van der Waals surface area contributed by atoms with Crippen LogP contribution in [0.2, 0.25) is 0 Å². The molecule has 1 fully saturated rings. The molecule has 0 saturated carbocycles. The summed E-state index contributed by atoms with van der Waals surface area (Å²) in [7, 11) is 0. The van der Waals surface area contributed by atoms with Gasteiger partial charge in [0.2, 0.25) is 0 Å². The zero-order valence-corrected chi connectivity index (χ0v) is 6.38. The van der Waals surface area contributed by atoms with E-state index >= 15 is 0 Å². The molecule has 60 valence electrons. The molecule has 1 rings (SSSR count). The van der Waals surface area contributed by atoms with Gasteiger partial charge < -0.3 is 9.64 Å². The van der Waals surface area contributed by atoms with E-state index in [0.717, 1.165) is 25.9 Å². The lowest BCUT2D eigenvalue weighted by Gasteiger charge is -2.24. The summed E-state index contributed by atoms with van der Waals surface area (Å²) in [6.07, 6.45) is 9.61. The van der Waals surface area contributed by atoms with Gasteiger partial charge in [0.15, 0.2) is 0 Å². The topological polar surface area (TPSA) is 29.5 Å². The fraction of sp³-hybridized carbons (Fsp3) is 0.625. The van der Waals surface area contributed by atoms with Crippen molar-refractivity contribution in [1.29, 1.82) is 0 Å². The summed E-state index contributed by atoms with van der Waals surface area (Å²) in [4.78, 5) is 12.6. The molecule has 0 spiro atoms. The molecule has 0 atom stereocenters. The number of ether oxygens (including phenoxy) is 1. The molecule has 0 aromatic rings. The molecule has 3 nitrogen and oxygen atoms in total. The van der Waals surface area contributed by atoms with E-state index in [-0.39, 0.29) is 6.09 Å². The first-order chi connectivity index (χ1) is 5.34. The third kappa shape index (κ3) is 2.15.